The van der Waals surface area contributed by atoms with Crippen LogP contribution in [0.15, 0.2) is 61.1 Å². The van der Waals surface area contributed by atoms with Crippen molar-refractivity contribution in [2.24, 2.45) is 0 Å². The van der Waals surface area contributed by atoms with Crippen molar-refractivity contribution in [3.8, 4) is 5.69 Å². The maximum atomic E-state index is 13.2. The van der Waals surface area contributed by atoms with Crippen LogP contribution in [0, 0.1) is 5.82 Å². The second kappa shape index (κ2) is 8.35. The molecule has 2 aromatic carbocycles. The monoisotopic (exact) mass is 413 g/mol. The Hall–Kier alpha value is -2.70. The summed E-state index contributed by atoms with van der Waals surface area (Å²) in [7, 11) is 0. The van der Waals surface area contributed by atoms with E-state index < -0.39 is 0 Å². The molecule has 4 rings (SSSR count). The van der Waals surface area contributed by atoms with Gasteiger partial charge in [0.25, 0.3) is 5.91 Å². The van der Waals surface area contributed by atoms with E-state index in [4.69, 9.17) is 16.3 Å². The number of imidazole rings is 1. The number of rotatable bonds is 5. The van der Waals surface area contributed by atoms with Crippen LogP contribution in [0.3, 0.4) is 0 Å². The van der Waals surface area contributed by atoms with Gasteiger partial charge in [-0.1, -0.05) is 23.7 Å². The largest absolute Gasteiger partial charge is 0.381 e. The number of halogens is 2. The van der Waals surface area contributed by atoms with E-state index in [1.54, 1.807) is 23.0 Å². The number of nitrogens with one attached hydrogen (secondary N) is 1. The van der Waals surface area contributed by atoms with Gasteiger partial charge in [0, 0.05) is 35.9 Å². The Morgan fingerprint density at radius 1 is 1.14 bits per heavy atom. The van der Waals surface area contributed by atoms with E-state index in [9.17, 15) is 9.18 Å². The number of hydrogen-bond donors (Lipinski definition) is 1. The molecule has 1 saturated heterocycles. The van der Waals surface area contributed by atoms with Crippen LogP contribution in [0.25, 0.3) is 5.69 Å². The minimum absolute atomic E-state index is 0.209. The van der Waals surface area contributed by atoms with E-state index in [1.165, 1.54) is 18.3 Å². The number of carbonyl (C=O) groups is 1. The number of hydrogen-bond acceptors (Lipinski definition) is 3. The smallest absolute Gasteiger partial charge is 0.269 e. The molecule has 29 heavy (non-hydrogen) atoms. The van der Waals surface area contributed by atoms with E-state index in [0.717, 1.165) is 18.4 Å². The van der Waals surface area contributed by atoms with E-state index in [-0.39, 0.29) is 17.1 Å². The second-order valence-corrected chi connectivity index (χ2v) is 7.64. The van der Waals surface area contributed by atoms with E-state index in [2.05, 4.69) is 10.3 Å². The highest BCUT2D eigenvalue weighted by Gasteiger charge is 2.35. The minimum Gasteiger partial charge on any atom is -0.381 e. The fourth-order valence-corrected chi connectivity index (χ4v) is 3.87. The molecule has 7 heteroatoms. The zero-order valence-corrected chi connectivity index (χ0v) is 16.5. The molecule has 1 aliphatic heterocycles. The zero-order valence-electron chi connectivity index (χ0n) is 15.8. The molecule has 1 fully saturated rings. The maximum Gasteiger partial charge on any atom is 0.269 e. The van der Waals surface area contributed by atoms with Crippen molar-refractivity contribution in [1.82, 2.24) is 14.9 Å². The predicted molar refractivity (Wildman–Crippen MR) is 109 cm³/mol. The normalized spacial score (nSPS) is 15.8. The Bertz CT molecular complexity index is 980. The summed E-state index contributed by atoms with van der Waals surface area (Å²) in [6.45, 7) is 1.77. The molecule has 3 aromatic rings. The molecular formula is C22H21ClFN3O2. The van der Waals surface area contributed by atoms with Crippen LogP contribution in [-0.4, -0.2) is 35.2 Å². The van der Waals surface area contributed by atoms with Gasteiger partial charge in [0.05, 0.1) is 12.5 Å². The van der Waals surface area contributed by atoms with Crippen LogP contribution in [-0.2, 0) is 10.2 Å². The molecule has 0 unspecified atom stereocenters. The first kappa shape index (κ1) is 19.6. The summed E-state index contributed by atoms with van der Waals surface area (Å²) in [5.41, 5.74) is 2.00. The number of ether oxygens (including phenoxy) is 1. The van der Waals surface area contributed by atoms with Gasteiger partial charge >= 0.3 is 0 Å². The minimum atomic E-state index is -0.329. The van der Waals surface area contributed by atoms with Crippen molar-refractivity contribution in [2.45, 2.75) is 18.3 Å². The average molecular weight is 414 g/mol. The zero-order chi connectivity index (χ0) is 20.3. The van der Waals surface area contributed by atoms with Gasteiger partial charge in [0.2, 0.25) is 0 Å². The van der Waals surface area contributed by atoms with Gasteiger partial charge in [0.1, 0.15) is 11.5 Å². The lowest BCUT2D eigenvalue weighted by atomic mass is 9.74. The first-order valence-corrected chi connectivity index (χ1v) is 9.85. The van der Waals surface area contributed by atoms with Crippen molar-refractivity contribution in [3.05, 3.63) is 83.2 Å². The number of aromatic nitrogens is 2. The molecule has 5 nitrogen and oxygen atoms in total. The van der Waals surface area contributed by atoms with Crippen LogP contribution in [0.5, 0.6) is 0 Å². The Morgan fingerprint density at radius 2 is 1.83 bits per heavy atom. The van der Waals surface area contributed by atoms with Gasteiger partial charge < -0.3 is 10.1 Å². The molecule has 0 bridgehead atoms. The predicted octanol–water partition coefficient (Wildman–Crippen LogP) is 4.14. The van der Waals surface area contributed by atoms with Gasteiger partial charge in [0.15, 0.2) is 0 Å². The quantitative estimate of drug-likeness (QED) is 0.683. The molecule has 1 amide bonds. The third kappa shape index (κ3) is 4.18. The van der Waals surface area contributed by atoms with Gasteiger partial charge in [-0.25, -0.2) is 9.37 Å². The lowest BCUT2D eigenvalue weighted by Crippen LogP contribution is -2.44. The summed E-state index contributed by atoms with van der Waals surface area (Å²) in [5, 5.41) is 3.75. The van der Waals surface area contributed by atoms with Crippen molar-refractivity contribution in [1.29, 1.82) is 0 Å². The van der Waals surface area contributed by atoms with Crippen molar-refractivity contribution in [2.75, 3.05) is 19.8 Å². The van der Waals surface area contributed by atoms with E-state index in [0.29, 0.717) is 36.2 Å². The van der Waals surface area contributed by atoms with Crippen LogP contribution < -0.4 is 5.32 Å². The van der Waals surface area contributed by atoms with Crippen molar-refractivity contribution < 1.29 is 13.9 Å². The molecule has 0 aliphatic carbocycles. The Balaban J connectivity index is 1.54. The van der Waals surface area contributed by atoms with Gasteiger partial charge in [-0.05, 0) is 54.8 Å². The molecule has 0 spiro atoms. The third-order valence-corrected chi connectivity index (χ3v) is 5.72. The Labute approximate surface area is 173 Å². The molecule has 0 radical (unpaired) electrons. The number of amides is 1. The highest BCUT2D eigenvalue weighted by atomic mass is 35.5. The number of nitrogens with zero attached hydrogens (tertiary/aromatic N) is 2. The highest BCUT2D eigenvalue weighted by Crippen LogP contribution is 2.35. The number of benzene rings is 2. The Kier molecular flexibility index (Phi) is 5.65. The number of carbonyl (C=O) groups excluding carboxylic acids is 1. The van der Waals surface area contributed by atoms with Gasteiger partial charge in [-0.2, -0.15) is 0 Å². The molecule has 0 atom stereocenters. The van der Waals surface area contributed by atoms with Crippen LogP contribution in [0.4, 0.5) is 4.39 Å². The van der Waals surface area contributed by atoms with Crippen LogP contribution in [0.1, 0.15) is 28.9 Å². The average Bonchev–Trinajstić information content (AvgIpc) is 3.24. The lowest BCUT2D eigenvalue weighted by molar-refractivity contribution is 0.0486. The van der Waals surface area contributed by atoms with Gasteiger partial charge in [-0.15, -0.1) is 0 Å². The highest BCUT2D eigenvalue weighted by molar-refractivity contribution is 6.30. The SMILES string of the molecule is O=C(NCC1(c2ccc(Cl)cc2)CCOCC1)c1cncn1-c1ccc(F)cc1. The first-order valence-electron chi connectivity index (χ1n) is 9.48. The summed E-state index contributed by atoms with van der Waals surface area (Å²) in [6, 6.07) is 13.7. The molecule has 1 N–H and O–H groups in total. The molecule has 150 valence electrons. The van der Waals surface area contributed by atoms with Crippen molar-refractivity contribution in [3.63, 3.8) is 0 Å². The maximum absolute atomic E-state index is 13.2. The summed E-state index contributed by atoms with van der Waals surface area (Å²) in [6.07, 6.45) is 4.68. The standard InChI is InChI=1S/C22H21ClFN3O2/c23-17-3-1-16(2-4-17)22(9-11-29-12-10-22)14-26-21(28)20-13-25-15-27(20)19-7-5-18(24)6-8-19/h1-8,13,15H,9-12,14H2,(H,26,28). The molecule has 1 aliphatic rings. The topological polar surface area (TPSA) is 56.1 Å². The van der Waals surface area contributed by atoms with E-state index in [1.807, 2.05) is 24.3 Å². The summed E-state index contributed by atoms with van der Waals surface area (Å²) in [4.78, 5) is 17.0. The second-order valence-electron chi connectivity index (χ2n) is 7.21. The molecule has 2 heterocycles. The van der Waals surface area contributed by atoms with Crippen molar-refractivity contribution >= 4 is 17.5 Å². The van der Waals surface area contributed by atoms with Crippen LogP contribution >= 0.6 is 11.6 Å². The third-order valence-electron chi connectivity index (χ3n) is 5.47. The van der Waals surface area contributed by atoms with E-state index >= 15 is 0 Å². The molecule has 0 saturated carbocycles. The summed E-state index contributed by atoms with van der Waals surface area (Å²) < 4.78 is 20.4. The van der Waals surface area contributed by atoms with Gasteiger partial charge in [-0.3, -0.25) is 9.36 Å². The molecule has 1 aromatic heterocycles. The molecular weight excluding hydrogens is 393 g/mol. The fourth-order valence-electron chi connectivity index (χ4n) is 3.74. The lowest BCUT2D eigenvalue weighted by Gasteiger charge is -2.38. The van der Waals surface area contributed by atoms with Crippen LogP contribution in [0.2, 0.25) is 5.02 Å². The summed E-state index contributed by atoms with van der Waals surface area (Å²) >= 11 is 6.05. The first-order chi connectivity index (χ1) is 14.1. The Morgan fingerprint density at radius 3 is 2.52 bits per heavy atom. The fraction of sp³-hybridized carbons (Fsp3) is 0.273. The summed E-state index contributed by atoms with van der Waals surface area (Å²) in [5.74, 6) is -0.559.